The van der Waals surface area contributed by atoms with Crippen LogP contribution < -0.4 is 5.32 Å². The molecule has 0 atom stereocenters. The number of sulfonamides is 1. The van der Waals surface area contributed by atoms with Gasteiger partial charge in [-0.2, -0.15) is 4.31 Å². The fraction of sp³-hybridized carbons (Fsp3) is 0.130. The molecule has 0 spiro atoms. The molecule has 0 bridgehead atoms. The van der Waals surface area contributed by atoms with E-state index in [1.165, 1.54) is 28.6 Å². The van der Waals surface area contributed by atoms with Gasteiger partial charge in [-0.25, -0.2) is 8.42 Å². The Morgan fingerprint density at radius 3 is 2.42 bits per heavy atom. The fourth-order valence-corrected chi connectivity index (χ4v) is 4.57. The molecule has 2 aromatic heterocycles. The number of amides is 1. The second-order valence-electron chi connectivity index (χ2n) is 7.05. The van der Waals surface area contributed by atoms with E-state index in [4.69, 9.17) is 4.42 Å². The van der Waals surface area contributed by atoms with E-state index in [1.807, 2.05) is 30.3 Å². The van der Waals surface area contributed by atoms with Crippen molar-refractivity contribution in [1.82, 2.24) is 19.5 Å². The van der Waals surface area contributed by atoms with Crippen molar-refractivity contribution in [3.05, 3.63) is 90.3 Å². The summed E-state index contributed by atoms with van der Waals surface area (Å²) in [6.07, 6.45) is 3.18. The first-order valence-corrected chi connectivity index (χ1v) is 11.6. The highest BCUT2D eigenvalue weighted by molar-refractivity contribution is 7.89. The third kappa shape index (κ3) is 5.13. The Labute approximate surface area is 191 Å². The molecule has 0 unspecified atom stereocenters. The second-order valence-corrected chi connectivity index (χ2v) is 8.99. The average Bonchev–Trinajstić information content (AvgIpc) is 3.32. The summed E-state index contributed by atoms with van der Waals surface area (Å²) in [6.45, 7) is 2.36. The first kappa shape index (κ1) is 22.3. The lowest BCUT2D eigenvalue weighted by Gasteiger charge is -2.20. The zero-order valence-electron chi connectivity index (χ0n) is 17.7. The van der Waals surface area contributed by atoms with Crippen LogP contribution in [0.5, 0.6) is 0 Å². The number of pyridine rings is 1. The Hall–Kier alpha value is -3.89. The topological polar surface area (TPSA) is 118 Å². The summed E-state index contributed by atoms with van der Waals surface area (Å²) in [6, 6.07) is 18.5. The van der Waals surface area contributed by atoms with Gasteiger partial charge in [0.2, 0.25) is 10.0 Å². The molecule has 0 aliphatic rings. The number of hydrogen-bond acceptors (Lipinski definition) is 7. The van der Waals surface area contributed by atoms with E-state index in [1.54, 1.807) is 31.5 Å². The lowest BCUT2D eigenvalue weighted by Crippen LogP contribution is -2.30. The molecule has 10 heteroatoms. The summed E-state index contributed by atoms with van der Waals surface area (Å²) >= 11 is 0. The molecule has 33 heavy (non-hydrogen) atoms. The Morgan fingerprint density at radius 2 is 1.76 bits per heavy atom. The van der Waals surface area contributed by atoms with E-state index in [0.717, 1.165) is 5.56 Å². The van der Waals surface area contributed by atoms with Gasteiger partial charge in [-0.15, -0.1) is 5.10 Å². The number of anilines is 1. The van der Waals surface area contributed by atoms with Crippen molar-refractivity contribution in [3.8, 4) is 11.5 Å². The van der Waals surface area contributed by atoms with Gasteiger partial charge in [0.1, 0.15) is 0 Å². The third-order valence-electron chi connectivity index (χ3n) is 4.86. The van der Waals surface area contributed by atoms with Gasteiger partial charge in [0.15, 0.2) is 0 Å². The van der Waals surface area contributed by atoms with E-state index < -0.39 is 15.9 Å². The van der Waals surface area contributed by atoms with Crippen LogP contribution in [0, 0.1) is 0 Å². The van der Waals surface area contributed by atoms with Gasteiger partial charge in [0, 0.05) is 31.0 Å². The summed E-state index contributed by atoms with van der Waals surface area (Å²) in [4.78, 5) is 16.6. The van der Waals surface area contributed by atoms with Gasteiger partial charge < -0.3 is 4.42 Å². The third-order valence-corrected chi connectivity index (χ3v) is 6.80. The van der Waals surface area contributed by atoms with E-state index in [0.29, 0.717) is 12.1 Å². The molecule has 4 aromatic rings. The molecule has 4 rings (SSSR count). The maximum absolute atomic E-state index is 13.1. The molecule has 0 fully saturated rings. The number of aromatic nitrogens is 3. The van der Waals surface area contributed by atoms with Crippen LogP contribution in [0.3, 0.4) is 0 Å². The van der Waals surface area contributed by atoms with Crippen LogP contribution in [0.2, 0.25) is 0 Å². The number of nitrogens with zero attached hydrogens (tertiary/aromatic N) is 4. The average molecular weight is 464 g/mol. The van der Waals surface area contributed by atoms with Crippen molar-refractivity contribution in [2.75, 3.05) is 11.9 Å². The van der Waals surface area contributed by atoms with Gasteiger partial charge in [-0.05, 0) is 42.0 Å². The molecule has 0 aliphatic heterocycles. The lowest BCUT2D eigenvalue weighted by molar-refractivity contribution is 0.102. The lowest BCUT2D eigenvalue weighted by atomic mass is 10.2. The van der Waals surface area contributed by atoms with Crippen molar-refractivity contribution in [3.63, 3.8) is 0 Å². The highest BCUT2D eigenvalue weighted by atomic mass is 32.2. The number of nitrogens with one attached hydrogen (secondary N) is 1. The predicted molar refractivity (Wildman–Crippen MR) is 122 cm³/mol. The number of benzene rings is 2. The van der Waals surface area contributed by atoms with Crippen LogP contribution in [-0.2, 0) is 16.6 Å². The van der Waals surface area contributed by atoms with Crippen LogP contribution in [0.4, 0.5) is 6.01 Å². The fourth-order valence-electron chi connectivity index (χ4n) is 3.13. The Balaban J connectivity index is 1.46. The summed E-state index contributed by atoms with van der Waals surface area (Å²) in [5.41, 5.74) is 1.77. The summed E-state index contributed by atoms with van der Waals surface area (Å²) < 4.78 is 33.0. The Bertz CT molecular complexity index is 1320. The Morgan fingerprint density at radius 1 is 1.00 bits per heavy atom. The van der Waals surface area contributed by atoms with Gasteiger partial charge in [0.05, 0.1) is 10.5 Å². The van der Waals surface area contributed by atoms with Crippen molar-refractivity contribution >= 4 is 21.9 Å². The highest BCUT2D eigenvalue weighted by Gasteiger charge is 2.23. The van der Waals surface area contributed by atoms with Gasteiger partial charge in [-0.3, -0.25) is 15.1 Å². The number of carbonyl (C=O) groups is 1. The van der Waals surface area contributed by atoms with Crippen LogP contribution in [0.25, 0.3) is 11.5 Å². The molecule has 0 saturated heterocycles. The minimum absolute atomic E-state index is 0.0735. The maximum Gasteiger partial charge on any atom is 0.322 e. The van der Waals surface area contributed by atoms with Crippen molar-refractivity contribution in [2.45, 2.75) is 18.4 Å². The van der Waals surface area contributed by atoms with Crippen LogP contribution in [0.1, 0.15) is 22.8 Å². The van der Waals surface area contributed by atoms with E-state index in [9.17, 15) is 13.2 Å². The van der Waals surface area contributed by atoms with Gasteiger partial charge >= 0.3 is 6.01 Å². The number of carbonyl (C=O) groups excluding carboxylic acids is 1. The van der Waals surface area contributed by atoms with Gasteiger partial charge in [0.25, 0.3) is 11.8 Å². The van der Waals surface area contributed by atoms with Crippen LogP contribution in [-0.4, -0.2) is 40.4 Å². The monoisotopic (exact) mass is 463 g/mol. The molecule has 9 nitrogen and oxygen atoms in total. The largest absolute Gasteiger partial charge is 0.403 e. The molecule has 2 aromatic carbocycles. The first-order chi connectivity index (χ1) is 16.0. The molecule has 1 amide bonds. The molecule has 168 valence electrons. The Kier molecular flexibility index (Phi) is 6.57. The number of hydrogen-bond donors (Lipinski definition) is 1. The minimum atomic E-state index is -3.72. The molecule has 2 heterocycles. The smallest absolute Gasteiger partial charge is 0.322 e. The zero-order chi connectivity index (χ0) is 23.3. The first-order valence-electron chi connectivity index (χ1n) is 10.2. The van der Waals surface area contributed by atoms with E-state index in [2.05, 4.69) is 20.5 Å². The molecule has 1 N–H and O–H groups in total. The summed E-state index contributed by atoms with van der Waals surface area (Å²) in [7, 11) is -3.72. The standard InChI is InChI=1S/C23H21N5O4S/c1-2-28(16-17-7-4-3-5-8-17)33(30,31)20-12-10-18(11-13-20)21(29)25-23-27-26-22(32-23)19-9-6-14-24-15-19/h3-15H,2,16H2,1H3,(H,25,27,29). The molecular formula is C23H21N5O4S. The summed E-state index contributed by atoms with van der Waals surface area (Å²) in [5, 5.41) is 10.2. The van der Waals surface area contributed by atoms with Crippen LogP contribution in [0.15, 0.2) is 88.4 Å². The van der Waals surface area contributed by atoms with Crippen LogP contribution >= 0.6 is 0 Å². The highest BCUT2D eigenvalue weighted by Crippen LogP contribution is 2.21. The van der Waals surface area contributed by atoms with Crippen molar-refractivity contribution in [2.24, 2.45) is 0 Å². The van der Waals surface area contributed by atoms with Gasteiger partial charge in [-0.1, -0.05) is 42.4 Å². The molecular weight excluding hydrogens is 442 g/mol. The summed E-state index contributed by atoms with van der Waals surface area (Å²) in [5.74, 6) is -0.283. The zero-order valence-corrected chi connectivity index (χ0v) is 18.6. The molecule has 0 radical (unpaired) electrons. The minimum Gasteiger partial charge on any atom is -0.403 e. The molecule has 0 aliphatic carbocycles. The maximum atomic E-state index is 13.1. The van der Waals surface area contributed by atoms with Crippen molar-refractivity contribution < 1.29 is 17.6 Å². The van der Waals surface area contributed by atoms with E-state index in [-0.39, 0.29) is 28.9 Å². The normalized spacial score (nSPS) is 11.5. The molecule has 0 saturated carbocycles. The van der Waals surface area contributed by atoms with Crippen molar-refractivity contribution in [1.29, 1.82) is 0 Å². The number of rotatable bonds is 8. The quantitative estimate of drug-likeness (QED) is 0.424. The van der Waals surface area contributed by atoms with E-state index >= 15 is 0 Å². The second kappa shape index (κ2) is 9.72. The SMILES string of the molecule is CCN(Cc1ccccc1)S(=O)(=O)c1ccc(C(=O)Nc2nnc(-c3cccnc3)o2)cc1. The predicted octanol–water partition coefficient (Wildman–Crippen LogP) is 3.59.